The molecule has 0 unspecified atom stereocenters. The fourth-order valence-corrected chi connectivity index (χ4v) is 4.65. The van der Waals surface area contributed by atoms with Gasteiger partial charge in [-0.1, -0.05) is 29.4 Å². The number of likely N-dealkylation sites (tertiary alicyclic amines) is 2. The molecule has 3 heterocycles. The van der Waals surface area contributed by atoms with Crippen molar-refractivity contribution < 1.29 is 14.1 Å². The van der Waals surface area contributed by atoms with Crippen LogP contribution >= 0.6 is 0 Å². The summed E-state index contributed by atoms with van der Waals surface area (Å²) in [6.45, 7) is 7.67. The van der Waals surface area contributed by atoms with Crippen LogP contribution in [0, 0.1) is 25.7 Å². The first-order valence-corrected chi connectivity index (χ1v) is 9.46. The number of rotatable bonds is 3. The summed E-state index contributed by atoms with van der Waals surface area (Å²) >= 11 is 0. The fraction of sp³-hybridized carbons (Fsp3) is 0.476. The minimum absolute atomic E-state index is 0.0408. The van der Waals surface area contributed by atoms with Gasteiger partial charge in [-0.3, -0.25) is 9.59 Å². The molecule has 2 fully saturated rings. The van der Waals surface area contributed by atoms with Crippen molar-refractivity contribution in [1.82, 2.24) is 15.0 Å². The normalized spacial score (nSPS) is 24.3. The number of nitrogens with zero attached hydrogens (tertiary/aromatic N) is 3. The Morgan fingerprint density at radius 1 is 1.19 bits per heavy atom. The molecule has 2 saturated heterocycles. The Kier molecular flexibility index (Phi) is 4.50. The van der Waals surface area contributed by atoms with E-state index >= 15 is 0 Å². The zero-order valence-corrected chi connectivity index (χ0v) is 16.0. The average molecular weight is 367 g/mol. The number of carbonyl (C=O) groups excluding carboxylic acids is 2. The Morgan fingerprint density at radius 3 is 2.63 bits per heavy atom. The highest BCUT2D eigenvalue weighted by Crippen LogP contribution is 2.45. The maximum Gasteiger partial charge on any atom is 0.230 e. The van der Waals surface area contributed by atoms with Crippen molar-refractivity contribution in [1.29, 1.82) is 0 Å². The summed E-state index contributed by atoms with van der Waals surface area (Å²) in [6, 6.07) is 10.1. The largest absolute Gasteiger partial charge is 0.361 e. The van der Waals surface area contributed by atoms with Crippen LogP contribution in [0.3, 0.4) is 0 Å². The summed E-state index contributed by atoms with van der Waals surface area (Å²) in [6.07, 6.45) is 0.242. The summed E-state index contributed by atoms with van der Waals surface area (Å²) < 4.78 is 5.19. The van der Waals surface area contributed by atoms with Gasteiger partial charge in [-0.2, -0.15) is 0 Å². The molecule has 4 rings (SSSR count). The molecule has 2 aliphatic heterocycles. The fourth-order valence-electron chi connectivity index (χ4n) is 4.65. The Morgan fingerprint density at radius 2 is 1.96 bits per heavy atom. The topological polar surface area (TPSA) is 66.7 Å². The predicted octanol–water partition coefficient (Wildman–Crippen LogP) is 2.51. The third-order valence-electron chi connectivity index (χ3n) is 5.93. The van der Waals surface area contributed by atoms with Gasteiger partial charge in [0.25, 0.3) is 0 Å². The maximum absolute atomic E-state index is 12.7. The van der Waals surface area contributed by atoms with E-state index in [1.165, 1.54) is 11.1 Å². The summed E-state index contributed by atoms with van der Waals surface area (Å²) in [5.74, 6) is 1.37. The summed E-state index contributed by atoms with van der Waals surface area (Å²) in [7, 11) is 0. The molecule has 1 aromatic carbocycles. The van der Waals surface area contributed by atoms with E-state index in [1.54, 1.807) is 6.92 Å². The van der Waals surface area contributed by atoms with E-state index in [1.807, 2.05) is 34.9 Å². The average Bonchev–Trinajstić information content (AvgIpc) is 3.29. The molecule has 0 saturated carbocycles. The molecule has 0 radical (unpaired) electrons. The number of aryl methyl sites for hydroxylation is 2. The first kappa shape index (κ1) is 17.8. The van der Waals surface area contributed by atoms with Crippen molar-refractivity contribution in [2.45, 2.75) is 33.2 Å². The van der Waals surface area contributed by atoms with Crippen molar-refractivity contribution in [2.75, 3.05) is 19.6 Å². The molecule has 0 spiro atoms. The van der Waals surface area contributed by atoms with Crippen molar-refractivity contribution in [3.63, 3.8) is 0 Å². The zero-order chi connectivity index (χ0) is 19.1. The molecule has 0 N–H and O–H groups in total. The van der Waals surface area contributed by atoms with E-state index in [0.29, 0.717) is 31.3 Å². The van der Waals surface area contributed by atoms with E-state index in [9.17, 15) is 9.59 Å². The lowest BCUT2D eigenvalue weighted by atomic mass is 9.87. The molecule has 6 nitrogen and oxygen atoms in total. The Hall–Kier alpha value is -2.63. The third-order valence-corrected chi connectivity index (χ3v) is 5.93. The molecule has 142 valence electrons. The van der Waals surface area contributed by atoms with Crippen LogP contribution in [0.25, 0.3) is 0 Å². The molecular formula is C21H25N3O3. The minimum atomic E-state index is 0.0408. The molecule has 2 aliphatic rings. The highest BCUT2D eigenvalue weighted by Gasteiger charge is 2.49. The van der Waals surface area contributed by atoms with E-state index in [4.69, 9.17) is 4.52 Å². The maximum atomic E-state index is 12.7. The van der Waals surface area contributed by atoms with Crippen molar-refractivity contribution >= 4 is 11.8 Å². The van der Waals surface area contributed by atoms with Crippen molar-refractivity contribution in [3.8, 4) is 0 Å². The summed E-state index contributed by atoms with van der Waals surface area (Å²) in [5.41, 5.74) is 3.17. The molecule has 0 bridgehead atoms. The van der Waals surface area contributed by atoms with E-state index in [2.05, 4.69) is 24.2 Å². The highest BCUT2D eigenvalue weighted by molar-refractivity contribution is 5.79. The zero-order valence-electron chi connectivity index (χ0n) is 16.0. The first-order chi connectivity index (χ1) is 12.9. The van der Waals surface area contributed by atoms with E-state index < -0.39 is 0 Å². The second-order valence-electron chi connectivity index (χ2n) is 7.81. The Labute approximate surface area is 159 Å². The molecule has 27 heavy (non-hydrogen) atoms. The van der Waals surface area contributed by atoms with Crippen LogP contribution in [-0.4, -0.2) is 46.4 Å². The van der Waals surface area contributed by atoms with E-state index in [-0.39, 0.29) is 30.2 Å². The Bertz CT molecular complexity index is 875. The number of aromatic nitrogens is 1. The molecule has 3 atom stereocenters. The van der Waals surface area contributed by atoms with Crippen LogP contribution in [-0.2, 0) is 16.0 Å². The Balaban J connectivity index is 1.54. The first-order valence-electron chi connectivity index (χ1n) is 9.46. The lowest BCUT2D eigenvalue weighted by Crippen LogP contribution is -2.37. The highest BCUT2D eigenvalue weighted by atomic mass is 16.5. The van der Waals surface area contributed by atoms with Crippen molar-refractivity contribution in [2.24, 2.45) is 11.8 Å². The minimum Gasteiger partial charge on any atom is -0.361 e. The summed E-state index contributed by atoms with van der Waals surface area (Å²) in [5, 5.41) is 3.85. The standard InChI is InChI=1S/C21H25N3O3/c1-13-6-4-5-7-18(13)21-19-12-23(10-16(19)11-24(21)15(3)25)20(26)9-17-8-14(2)22-27-17/h4-8,16,19,21H,9-12H2,1-3H3/t16-,19-,21-/m1/s1. The lowest BCUT2D eigenvalue weighted by molar-refractivity contribution is -0.131. The molecule has 6 heteroatoms. The van der Waals surface area contributed by atoms with Crippen LogP contribution in [0.15, 0.2) is 34.9 Å². The monoisotopic (exact) mass is 367 g/mol. The van der Waals surface area contributed by atoms with E-state index in [0.717, 1.165) is 5.69 Å². The predicted molar refractivity (Wildman–Crippen MR) is 99.8 cm³/mol. The number of hydrogen-bond acceptors (Lipinski definition) is 4. The van der Waals surface area contributed by atoms with Gasteiger partial charge in [-0.15, -0.1) is 0 Å². The van der Waals surface area contributed by atoms with Crippen LogP contribution in [0.1, 0.15) is 35.5 Å². The molecule has 1 aromatic heterocycles. The van der Waals surface area contributed by atoms with Crippen LogP contribution in [0.4, 0.5) is 0 Å². The van der Waals surface area contributed by atoms with Gasteiger partial charge in [0.05, 0.1) is 18.2 Å². The quantitative estimate of drug-likeness (QED) is 0.836. The van der Waals surface area contributed by atoms with Crippen LogP contribution in [0.5, 0.6) is 0 Å². The molecule has 2 amide bonds. The van der Waals surface area contributed by atoms with Gasteiger partial charge < -0.3 is 14.3 Å². The number of carbonyl (C=O) groups is 2. The van der Waals surface area contributed by atoms with Gasteiger partial charge in [0.1, 0.15) is 5.76 Å². The van der Waals surface area contributed by atoms with Gasteiger partial charge in [-0.05, 0) is 25.0 Å². The second kappa shape index (κ2) is 6.83. The molecule has 0 aliphatic carbocycles. The number of amides is 2. The van der Waals surface area contributed by atoms with Gasteiger partial charge >= 0.3 is 0 Å². The third kappa shape index (κ3) is 3.24. The van der Waals surface area contributed by atoms with Gasteiger partial charge in [-0.25, -0.2) is 0 Å². The molecule has 2 aromatic rings. The second-order valence-corrected chi connectivity index (χ2v) is 7.81. The number of hydrogen-bond donors (Lipinski definition) is 0. The number of benzene rings is 1. The smallest absolute Gasteiger partial charge is 0.230 e. The van der Waals surface area contributed by atoms with Gasteiger partial charge in [0, 0.05) is 44.5 Å². The van der Waals surface area contributed by atoms with Gasteiger partial charge in [0.15, 0.2) is 0 Å². The van der Waals surface area contributed by atoms with Crippen LogP contribution < -0.4 is 0 Å². The van der Waals surface area contributed by atoms with Gasteiger partial charge in [0.2, 0.25) is 11.8 Å². The van der Waals surface area contributed by atoms with Crippen molar-refractivity contribution in [3.05, 3.63) is 52.9 Å². The molecular weight excluding hydrogens is 342 g/mol. The summed E-state index contributed by atoms with van der Waals surface area (Å²) in [4.78, 5) is 28.9. The lowest BCUT2D eigenvalue weighted by Gasteiger charge is -2.30. The number of fused-ring (bicyclic) bond motifs is 1. The van der Waals surface area contributed by atoms with Crippen LogP contribution in [0.2, 0.25) is 0 Å². The SMILES string of the molecule is CC(=O)N1C[C@H]2CN(C(=O)Cc3cc(C)no3)C[C@H]2[C@H]1c1ccccc1C.